The highest BCUT2D eigenvalue weighted by Gasteiger charge is 2.26. The van der Waals surface area contributed by atoms with Crippen molar-refractivity contribution in [2.24, 2.45) is 0 Å². The molecule has 1 aromatic heterocycles. The Hall–Kier alpha value is -3.19. The lowest BCUT2D eigenvalue weighted by atomic mass is 9.89. The second kappa shape index (κ2) is 8.74. The van der Waals surface area contributed by atoms with Crippen LogP contribution in [0.5, 0.6) is 5.75 Å². The molecule has 1 saturated heterocycles. The van der Waals surface area contributed by atoms with E-state index in [2.05, 4.69) is 15.0 Å². The van der Waals surface area contributed by atoms with E-state index in [1.54, 1.807) is 6.07 Å². The molecule has 2 heterocycles. The quantitative estimate of drug-likeness (QED) is 0.679. The number of nitrogens with zero attached hydrogens (tertiary/aromatic N) is 4. The molecular weight excluding hydrogens is 404 g/mol. The molecule has 1 aliphatic carbocycles. The Morgan fingerprint density at radius 3 is 2.44 bits per heavy atom. The molecule has 1 N–H and O–H groups in total. The number of fused-ring (bicyclic) bond motifs is 1. The van der Waals surface area contributed by atoms with Crippen molar-refractivity contribution in [2.45, 2.75) is 39.2 Å². The Bertz CT molecular complexity index is 1110. The van der Waals surface area contributed by atoms with Gasteiger partial charge in [-0.1, -0.05) is 35.0 Å². The van der Waals surface area contributed by atoms with E-state index < -0.39 is 0 Å². The van der Waals surface area contributed by atoms with E-state index in [9.17, 15) is 9.90 Å². The third-order valence-electron chi connectivity index (χ3n) is 6.49. The number of phenolic OH excluding ortho intramolecular Hbond substituents is 1. The molecule has 1 fully saturated rings. The fourth-order valence-electron chi connectivity index (χ4n) is 4.55. The summed E-state index contributed by atoms with van der Waals surface area (Å²) in [6, 6.07) is 11.7. The first-order valence-electron chi connectivity index (χ1n) is 11.3. The maximum absolute atomic E-state index is 13.1. The Labute approximate surface area is 187 Å². The summed E-state index contributed by atoms with van der Waals surface area (Å²) in [6.45, 7) is 5.26. The lowest BCUT2D eigenvalue weighted by Crippen LogP contribution is -2.48. The van der Waals surface area contributed by atoms with E-state index in [4.69, 9.17) is 4.52 Å². The van der Waals surface area contributed by atoms with Gasteiger partial charge >= 0.3 is 0 Å². The van der Waals surface area contributed by atoms with Gasteiger partial charge in [0.15, 0.2) is 0 Å². The number of carbonyl (C=O) groups is 1. The molecule has 2 aliphatic rings. The van der Waals surface area contributed by atoms with Crippen LogP contribution in [0.3, 0.4) is 0 Å². The Kier molecular flexibility index (Phi) is 5.66. The number of rotatable bonds is 4. The summed E-state index contributed by atoms with van der Waals surface area (Å²) >= 11 is 0. The normalized spacial score (nSPS) is 16.7. The molecule has 5 rings (SSSR count). The van der Waals surface area contributed by atoms with Crippen molar-refractivity contribution in [3.8, 4) is 17.1 Å². The van der Waals surface area contributed by atoms with Gasteiger partial charge in [-0.25, -0.2) is 0 Å². The molecule has 0 spiro atoms. The second-order valence-electron chi connectivity index (χ2n) is 8.79. The van der Waals surface area contributed by atoms with Crippen LogP contribution in [0.1, 0.15) is 45.8 Å². The highest BCUT2D eigenvalue weighted by molar-refractivity contribution is 5.97. The lowest BCUT2D eigenvalue weighted by molar-refractivity contribution is 0.0612. The minimum absolute atomic E-state index is 0.0880. The van der Waals surface area contributed by atoms with Crippen LogP contribution in [-0.4, -0.2) is 57.1 Å². The molecule has 7 heteroatoms. The maximum atomic E-state index is 13.1. The van der Waals surface area contributed by atoms with Crippen LogP contribution in [0.25, 0.3) is 11.4 Å². The van der Waals surface area contributed by atoms with Gasteiger partial charge in [0.1, 0.15) is 5.75 Å². The average Bonchev–Trinajstić information content (AvgIpc) is 3.27. The first kappa shape index (κ1) is 20.7. The number of amides is 1. The molecule has 0 radical (unpaired) electrons. The smallest absolute Gasteiger partial charge is 0.257 e. The first-order chi connectivity index (χ1) is 15.6. The minimum atomic E-state index is -0.0880. The second-order valence-corrected chi connectivity index (χ2v) is 8.79. The summed E-state index contributed by atoms with van der Waals surface area (Å²) in [5.74, 6) is 1.19. The number of aryl methyl sites for hydroxylation is 3. The number of aromatic hydroxyl groups is 1. The van der Waals surface area contributed by atoms with Crippen LogP contribution in [0.15, 0.2) is 40.9 Å². The van der Waals surface area contributed by atoms with Crippen molar-refractivity contribution >= 4 is 5.91 Å². The molecule has 0 unspecified atom stereocenters. The maximum Gasteiger partial charge on any atom is 0.257 e. The highest BCUT2D eigenvalue weighted by atomic mass is 16.5. The number of hydrogen-bond donors (Lipinski definition) is 1. The van der Waals surface area contributed by atoms with Crippen LogP contribution in [0.4, 0.5) is 0 Å². The van der Waals surface area contributed by atoms with Gasteiger partial charge in [0, 0.05) is 31.7 Å². The average molecular weight is 433 g/mol. The van der Waals surface area contributed by atoms with Gasteiger partial charge in [0.05, 0.1) is 12.1 Å². The summed E-state index contributed by atoms with van der Waals surface area (Å²) < 4.78 is 5.45. The summed E-state index contributed by atoms with van der Waals surface area (Å²) in [4.78, 5) is 21.6. The zero-order chi connectivity index (χ0) is 22.1. The standard InChI is InChI=1S/C25H28N4O3/c1-17-6-8-18(9-7-17)24-26-23(32-27-24)16-28-10-12-29(13-11-28)25(31)21-14-19-4-2-3-5-20(19)15-22(21)30/h6-9,14-15,30H,2-5,10-13,16H2,1H3. The van der Waals surface area contributed by atoms with Gasteiger partial charge in [0.25, 0.3) is 5.91 Å². The summed E-state index contributed by atoms with van der Waals surface area (Å²) in [7, 11) is 0. The van der Waals surface area contributed by atoms with Gasteiger partial charge in [-0.2, -0.15) is 4.98 Å². The van der Waals surface area contributed by atoms with Crippen LogP contribution >= 0.6 is 0 Å². The minimum Gasteiger partial charge on any atom is -0.507 e. The van der Waals surface area contributed by atoms with Crippen LogP contribution in [0, 0.1) is 6.92 Å². The number of piperazine rings is 1. The summed E-state index contributed by atoms with van der Waals surface area (Å²) in [5.41, 5.74) is 4.94. The number of phenols is 1. The van der Waals surface area contributed by atoms with Gasteiger partial charge in [-0.3, -0.25) is 9.69 Å². The molecule has 32 heavy (non-hydrogen) atoms. The first-order valence-corrected chi connectivity index (χ1v) is 11.3. The van der Waals surface area contributed by atoms with Crippen LogP contribution in [-0.2, 0) is 19.4 Å². The fraction of sp³-hybridized carbons (Fsp3) is 0.400. The lowest BCUT2D eigenvalue weighted by Gasteiger charge is -2.34. The van der Waals surface area contributed by atoms with Gasteiger partial charge in [-0.15, -0.1) is 0 Å². The number of carbonyl (C=O) groups excluding carboxylic acids is 1. The Balaban J connectivity index is 1.19. The molecule has 2 aromatic carbocycles. The molecular formula is C25H28N4O3. The zero-order valence-corrected chi connectivity index (χ0v) is 18.4. The van der Waals surface area contributed by atoms with Crippen molar-refractivity contribution in [3.63, 3.8) is 0 Å². The zero-order valence-electron chi connectivity index (χ0n) is 18.4. The van der Waals surface area contributed by atoms with Crippen molar-refractivity contribution in [3.05, 3.63) is 64.5 Å². The number of hydrogen-bond acceptors (Lipinski definition) is 6. The topological polar surface area (TPSA) is 82.7 Å². The fourth-order valence-corrected chi connectivity index (χ4v) is 4.55. The molecule has 7 nitrogen and oxygen atoms in total. The van der Waals surface area contributed by atoms with Crippen molar-refractivity contribution in [1.82, 2.24) is 19.9 Å². The highest BCUT2D eigenvalue weighted by Crippen LogP contribution is 2.29. The SMILES string of the molecule is Cc1ccc(-c2noc(CN3CCN(C(=O)c4cc5c(cc4O)CCCC5)CC3)n2)cc1. The van der Waals surface area contributed by atoms with E-state index in [-0.39, 0.29) is 11.7 Å². The van der Waals surface area contributed by atoms with Crippen molar-refractivity contribution < 1.29 is 14.4 Å². The molecule has 0 saturated carbocycles. The van der Waals surface area contributed by atoms with E-state index in [0.29, 0.717) is 36.9 Å². The molecule has 1 aliphatic heterocycles. The largest absolute Gasteiger partial charge is 0.507 e. The Morgan fingerprint density at radius 1 is 1.03 bits per heavy atom. The van der Waals surface area contributed by atoms with Gasteiger partial charge < -0.3 is 14.5 Å². The van der Waals surface area contributed by atoms with E-state index in [0.717, 1.165) is 44.3 Å². The molecule has 0 atom stereocenters. The Morgan fingerprint density at radius 2 is 1.72 bits per heavy atom. The molecule has 0 bridgehead atoms. The van der Waals surface area contributed by atoms with Gasteiger partial charge in [-0.05, 0) is 55.9 Å². The predicted molar refractivity (Wildman–Crippen MR) is 120 cm³/mol. The predicted octanol–water partition coefficient (Wildman–Crippen LogP) is 3.59. The molecule has 3 aromatic rings. The third-order valence-corrected chi connectivity index (χ3v) is 6.49. The monoisotopic (exact) mass is 432 g/mol. The molecule has 166 valence electrons. The van der Waals surface area contributed by atoms with E-state index in [1.807, 2.05) is 42.2 Å². The van der Waals surface area contributed by atoms with Crippen molar-refractivity contribution in [2.75, 3.05) is 26.2 Å². The summed E-state index contributed by atoms with van der Waals surface area (Å²) in [6.07, 6.45) is 4.26. The van der Waals surface area contributed by atoms with Crippen LogP contribution < -0.4 is 0 Å². The number of aromatic nitrogens is 2. The van der Waals surface area contributed by atoms with Crippen molar-refractivity contribution in [1.29, 1.82) is 0 Å². The third kappa shape index (κ3) is 4.25. The number of benzene rings is 2. The van der Waals surface area contributed by atoms with Crippen LogP contribution in [0.2, 0.25) is 0 Å². The van der Waals surface area contributed by atoms with Gasteiger partial charge in [0.2, 0.25) is 11.7 Å². The van der Waals surface area contributed by atoms with E-state index in [1.165, 1.54) is 16.7 Å². The van der Waals surface area contributed by atoms with E-state index >= 15 is 0 Å². The summed E-state index contributed by atoms with van der Waals surface area (Å²) in [5, 5.41) is 14.5. The molecule has 1 amide bonds.